The third-order valence-electron chi connectivity index (χ3n) is 5.17. The van der Waals surface area contributed by atoms with Gasteiger partial charge in [0.1, 0.15) is 0 Å². The number of rotatable bonds is 3. The summed E-state index contributed by atoms with van der Waals surface area (Å²) in [4.78, 5) is 25.0. The Morgan fingerprint density at radius 2 is 1.86 bits per heavy atom. The second-order valence-electron chi connectivity index (χ2n) is 7.26. The van der Waals surface area contributed by atoms with Gasteiger partial charge in [-0.15, -0.1) is 0 Å². The molecule has 0 spiro atoms. The van der Waals surface area contributed by atoms with Gasteiger partial charge in [0.15, 0.2) is 0 Å². The molecule has 1 atom stereocenters. The molecule has 1 aliphatic carbocycles. The summed E-state index contributed by atoms with van der Waals surface area (Å²) in [6.07, 6.45) is 6.49. The minimum absolute atomic E-state index is 0.0313. The van der Waals surface area contributed by atoms with Crippen molar-refractivity contribution in [2.75, 3.05) is 13.1 Å². The fourth-order valence-electron chi connectivity index (χ4n) is 3.59. The molecule has 0 radical (unpaired) electrons. The molecular formula is C16H28N2O3. The van der Waals surface area contributed by atoms with Crippen molar-refractivity contribution in [1.29, 1.82) is 0 Å². The Labute approximate surface area is 127 Å². The normalized spacial score (nSPS) is 26.4. The molecule has 2 fully saturated rings. The molecule has 2 N–H and O–H groups in total. The average molecular weight is 296 g/mol. The van der Waals surface area contributed by atoms with E-state index in [1.807, 2.05) is 4.90 Å². The lowest BCUT2D eigenvalue weighted by Crippen LogP contribution is -2.53. The number of likely N-dealkylation sites (tertiary alicyclic amines) is 1. The topological polar surface area (TPSA) is 69.6 Å². The first-order chi connectivity index (χ1) is 9.88. The van der Waals surface area contributed by atoms with Crippen molar-refractivity contribution in [3.63, 3.8) is 0 Å². The Bertz CT molecular complexity index is 387. The van der Waals surface area contributed by atoms with Crippen LogP contribution in [0.4, 0.5) is 4.79 Å². The lowest BCUT2D eigenvalue weighted by Gasteiger charge is -2.41. The molecule has 21 heavy (non-hydrogen) atoms. The number of hydrogen-bond acceptors (Lipinski definition) is 2. The summed E-state index contributed by atoms with van der Waals surface area (Å²) in [5.74, 6) is -0.514. The number of carboxylic acids is 1. The molecular weight excluding hydrogens is 268 g/mol. The van der Waals surface area contributed by atoms with Gasteiger partial charge in [-0.1, -0.05) is 26.7 Å². The van der Waals surface area contributed by atoms with Crippen molar-refractivity contribution in [3.05, 3.63) is 0 Å². The van der Waals surface area contributed by atoms with E-state index < -0.39 is 5.97 Å². The Hall–Kier alpha value is -1.26. The lowest BCUT2D eigenvalue weighted by molar-refractivity contribution is -0.138. The molecule has 0 bridgehead atoms. The zero-order chi connectivity index (χ0) is 15.5. The van der Waals surface area contributed by atoms with Crippen LogP contribution in [-0.2, 0) is 4.79 Å². The van der Waals surface area contributed by atoms with Gasteiger partial charge in [-0.2, -0.15) is 0 Å². The van der Waals surface area contributed by atoms with Gasteiger partial charge in [0.25, 0.3) is 0 Å². The van der Waals surface area contributed by atoms with E-state index in [1.54, 1.807) is 0 Å². The minimum atomic E-state index is -0.734. The predicted molar refractivity (Wildman–Crippen MR) is 81.1 cm³/mol. The number of carbonyl (C=O) groups excluding carboxylic acids is 1. The molecule has 0 aromatic rings. The van der Waals surface area contributed by atoms with Gasteiger partial charge in [0.05, 0.1) is 0 Å². The first-order valence-corrected chi connectivity index (χ1v) is 8.16. The summed E-state index contributed by atoms with van der Waals surface area (Å²) in [5, 5.41) is 12.0. The molecule has 5 heteroatoms. The quantitative estimate of drug-likeness (QED) is 0.841. The number of hydrogen-bond donors (Lipinski definition) is 2. The molecule has 2 amide bonds. The zero-order valence-electron chi connectivity index (χ0n) is 13.2. The number of piperidine rings is 1. The highest BCUT2D eigenvalue weighted by Gasteiger charge is 2.34. The molecule has 0 aromatic carbocycles. The van der Waals surface area contributed by atoms with E-state index in [9.17, 15) is 9.59 Å². The smallest absolute Gasteiger partial charge is 0.317 e. The van der Waals surface area contributed by atoms with Crippen molar-refractivity contribution in [1.82, 2.24) is 10.2 Å². The summed E-state index contributed by atoms with van der Waals surface area (Å²) in [6.45, 7) is 5.82. The third-order valence-corrected chi connectivity index (χ3v) is 5.17. The number of nitrogens with one attached hydrogen (secondary N) is 1. The Morgan fingerprint density at radius 3 is 2.43 bits per heavy atom. The largest absolute Gasteiger partial charge is 0.481 e. The lowest BCUT2D eigenvalue weighted by atomic mass is 9.73. The summed E-state index contributed by atoms with van der Waals surface area (Å²) < 4.78 is 0. The summed E-state index contributed by atoms with van der Waals surface area (Å²) in [7, 11) is 0. The monoisotopic (exact) mass is 296 g/mol. The molecule has 2 rings (SSSR count). The van der Waals surface area contributed by atoms with E-state index >= 15 is 0 Å². The van der Waals surface area contributed by atoms with Crippen molar-refractivity contribution >= 4 is 12.0 Å². The van der Waals surface area contributed by atoms with Crippen LogP contribution in [-0.4, -0.2) is 41.1 Å². The van der Waals surface area contributed by atoms with Gasteiger partial charge in [-0.25, -0.2) is 4.79 Å². The number of aliphatic carboxylic acids is 1. The van der Waals surface area contributed by atoms with Gasteiger partial charge in [-0.3, -0.25) is 4.79 Å². The molecule has 5 nitrogen and oxygen atoms in total. The molecule has 1 aliphatic heterocycles. The SMILES string of the molecule is CC1(C)CCCCC1NC(=O)N1CCC(CC(=O)O)CC1. The van der Waals surface area contributed by atoms with Crippen LogP contribution in [0.2, 0.25) is 0 Å². The summed E-state index contributed by atoms with van der Waals surface area (Å²) >= 11 is 0. The van der Waals surface area contributed by atoms with Crippen LogP contribution in [0.1, 0.15) is 58.8 Å². The van der Waals surface area contributed by atoms with E-state index in [2.05, 4.69) is 19.2 Å². The van der Waals surface area contributed by atoms with Crippen LogP contribution in [0.5, 0.6) is 0 Å². The van der Waals surface area contributed by atoms with Gasteiger partial charge >= 0.3 is 12.0 Å². The van der Waals surface area contributed by atoms with E-state index in [0.29, 0.717) is 13.1 Å². The van der Waals surface area contributed by atoms with E-state index in [4.69, 9.17) is 5.11 Å². The van der Waals surface area contributed by atoms with Gasteiger partial charge in [0, 0.05) is 25.6 Å². The second kappa shape index (κ2) is 6.67. The molecule has 1 heterocycles. The van der Waals surface area contributed by atoms with E-state index in [0.717, 1.165) is 19.3 Å². The standard InChI is InChI=1S/C16H28N2O3/c1-16(2)8-4-3-5-13(16)17-15(21)18-9-6-12(7-10-18)11-14(19)20/h12-13H,3-11H2,1-2H3,(H,17,21)(H,19,20). The number of nitrogens with zero attached hydrogens (tertiary/aromatic N) is 1. The average Bonchev–Trinajstić information content (AvgIpc) is 2.41. The number of amides is 2. The van der Waals surface area contributed by atoms with E-state index in [1.165, 1.54) is 19.3 Å². The molecule has 120 valence electrons. The highest BCUT2D eigenvalue weighted by atomic mass is 16.4. The number of urea groups is 1. The van der Waals surface area contributed by atoms with Crippen LogP contribution in [0.25, 0.3) is 0 Å². The van der Waals surface area contributed by atoms with Crippen molar-refractivity contribution < 1.29 is 14.7 Å². The minimum Gasteiger partial charge on any atom is -0.481 e. The summed E-state index contributed by atoms with van der Waals surface area (Å²) in [6, 6.07) is 0.291. The zero-order valence-corrected chi connectivity index (χ0v) is 13.2. The molecule has 1 saturated heterocycles. The third kappa shape index (κ3) is 4.35. The highest BCUT2D eigenvalue weighted by molar-refractivity contribution is 5.74. The Kier molecular flexibility index (Phi) is 5.12. The molecule has 1 unspecified atom stereocenters. The Balaban J connectivity index is 1.80. The van der Waals surface area contributed by atoms with E-state index in [-0.39, 0.29) is 29.8 Å². The number of carboxylic acid groups (broad SMARTS) is 1. The fraction of sp³-hybridized carbons (Fsp3) is 0.875. The summed E-state index contributed by atoms with van der Waals surface area (Å²) in [5.41, 5.74) is 0.176. The van der Waals surface area contributed by atoms with Crippen LogP contribution in [0.3, 0.4) is 0 Å². The first kappa shape index (κ1) is 16.1. The van der Waals surface area contributed by atoms with Crippen molar-refractivity contribution in [2.24, 2.45) is 11.3 Å². The van der Waals surface area contributed by atoms with Gasteiger partial charge in [-0.05, 0) is 37.0 Å². The maximum Gasteiger partial charge on any atom is 0.317 e. The highest BCUT2D eigenvalue weighted by Crippen LogP contribution is 2.35. The van der Waals surface area contributed by atoms with Crippen LogP contribution < -0.4 is 5.32 Å². The number of carbonyl (C=O) groups is 2. The maximum absolute atomic E-state index is 12.4. The van der Waals surface area contributed by atoms with Gasteiger partial charge < -0.3 is 15.3 Å². The van der Waals surface area contributed by atoms with Crippen LogP contribution in [0.15, 0.2) is 0 Å². The Morgan fingerprint density at radius 1 is 1.19 bits per heavy atom. The van der Waals surface area contributed by atoms with Crippen LogP contribution >= 0.6 is 0 Å². The first-order valence-electron chi connectivity index (χ1n) is 8.16. The van der Waals surface area contributed by atoms with Crippen LogP contribution in [0, 0.1) is 11.3 Å². The van der Waals surface area contributed by atoms with Crippen molar-refractivity contribution in [2.45, 2.75) is 64.8 Å². The molecule has 0 aromatic heterocycles. The van der Waals surface area contributed by atoms with Crippen molar-refractivity contribution in [3.8, 4) is 0 Å². The molecule has 2 aliphatic rings. The predicted octanol–water partition coefficient (Wildman–Crippen LogP) is 2.85. The molecule has 1 saturated carbocycles. The maximum atomic E-state index is 12.4. The van der Waals surface area contributed by atoms with Gasteiger partial charge in [0.2, 0.25) is 0 Å². The fourth-order valence-corrected chi connectivity index (χ4v) is 3.59. The second-order valence-corrected chi connectivity index (χ2v) is 7.26.